The summed E-state index contributed by atoms with van der Waals surface area (Å²) in [6.45, 7) is -1.73. The molecule has 0 fully saturated rings. The van der Waals surface area contributed by atoms with Gasteiger partial charge in [-0.05, 0) is 18.2 Å². The van der Waals surface area contributed by atoms with Gasteiger partial charge in [-0.3, -0.25) is 5.32 Å². The van der Waals surface area contributed by atoms with Gasteiger partial charge in [-0.15, -0.1) is 0 Å². The summed E-state index contributed by atoms with van der Waals surface area (Å²) in [5.41, 5.74) is -0.182. The van der Waals surface area contributed by atoms with E-state index in [1.165, 1.54) is 0 Å². The van der Waals surface area contributed by atoms with E-state index in [0.29, 0.717) is 0 Å². The molecule has 0 aliphatic carbocycles. The first kappa shape index (κ1) is 15.1. The van der Waals surface area contributed by atoms with Crippen molar-refractivity contribution in [2.45, 2.75) is 6.18 Å². The summed E-state index contributed by atoms with van der Waals surface area (Å²) in [5.74, 6) is -1.23. The van der Waals surface area contributed by atoms with Gasteiger partial charge in [0, 0.05) is 0 Å². The van der Waals surface area contributed by atoms with Crippen LogP contribution in [0.1, 0.15) is 10.4 Å². The summed E-state index contributed by atoms with van der Waals surface area (Å²) in [4.78, 5) is 21.6. The first-order chi connectivity index (χ1) is 8.69. The van der Waals surface area contributed by atoms with Crippen LogP contribution in [0.15, 0.2) is 18.2 Å². The van der Waals surface area contributed by atoms with Gasteiger partial charge in [0.15, 0.2) is 6.61 Å². The second-order valence-electron chi connectivity index (χ2n) is 3.32. The van der Waals surface area contributed by atoms with Crippen molar-refractivity contribution in [2.75, 3.05) is 11.9 Å². The Bertz CT molecular complexity index is 504. The van der Waals surface area contributed by atoms with Crippen LogP contribution in [0.3, 0.4) is 0 Å². The number of carboxylic acids is 1. The molecule has 104 valence electrons. The van der Waals surface area contributed by atoms with Gasteiger partial charge in [0.25, 0.3) is 0 Å². The fraction of sp³-hybridized carbons (Fsp3) is 0.200. The predicted octanol–water partition coefficient (Wildman–Crippen LogP) is 3.15. The number of amides is 1. The van der Waals surface area contributed by atoms with Crippen molar-refractivity contribution in [3.63, 3.8) is 0 Å². The minimum Gasteiger partial charge on any atom is -0.478 e. The molecule has 0 aromatic heterocycles. The van der Waals surface area contributed by atoms with Crippen molar-refractivity contribution in [1.82, 2.24) is 0 Å². The van der Waals surface area contributed by atoms with Crippen LogP contribution < -0.4 is 5.32 Å². The number of nitrogens with one attached hydrogen (secondary N) is 1. The maximum atomic E-state index is 11.8. The van der Waals surface area contributed by atoms with E-state index in [-0.39, 0.29) is 16.3 Å². The third-order valence-corrected chi connectivity index (χ3v) is 2.13. The molecule has 0 bridgehead atoms. The lowest BCUT2D eigenvalue weighted by Gasteiger charge is -2.10. The summed E-state index contributed by atoms with van der Waals surface area (Å²) in [5, 5.41) is 10.5. The third kappa shape index (κ3) is 5.04. The van der Waals surface area contributed by atoms with Gasteiger partial charge < -0.3 is 9.84 Å². The number of carbonyl (C=O) groups is 2. The summed E-state index contributed by atoms with van der Waals surface area (Å²) >= 11 is 5.65. The van der Waals surface area contributed by atoms with Gasteiger partial charge >= 0.3 is 18.2 Å². The summed E-state index contributed by atoms with van der Waals surface area (Å²) in [6, 6.07) is 3.32. The van der Waals surface area contributed by atoms with Crippen molar-refractivity contribution >= 4 is 29.4 Å². The zero-order chi connectivity index (χ0) is 14.6. The molecule has 0 aliphatic rings. The Balaban J connectivity index is 2.67. The highest BCUT2D eigenvalue weighted by molar-refractivity contribution is 6.34. The molecule has 0 radical (unpaired) electrons. The average Bonchev–Trinajstić information content (AvgIpc) is 2.28. The fourth-order valence-electron chi connectivity index (χ4n) is 1.04. The van der Waals surface area contributed by atoms with Crippen LogP contribution in [0.4, 0.5) is 23.7 Å². The molecule has 1 rings (SSSR count). The molecule has 1 aromatic carbocycles. The van der Waals surface area contributed by atoms with E-state index in [1.807, 2.05) is 5.32 Å². The molecule has 19 heavy (non-hydrogen) atoms. The van der Waals surface area contributed by atoms with Gasteiger partial charge in [0.2, 0.25) is 0 Å². The number of hydrogen-bond donors (Lipinski definition) is 2. The van der Waals surface area contributed by atoms with Crippen molar-refractivity contribution in [2.24, 2.45) is 0 Å². The zero-order valence-corrected chi connectivity index (χ0v) is 9.88. The second kappa shape index (κ2) is 5.79. The number of anilines is 1. The van der Waals surface area contributed by atoms with Crippen molar-refractivity contribution in [3.8, 4) is 0 Å². The monoisotopic (exact) mass is 297 g/mol. The maximum absolute atomic E-state index is 11.8. The number of ether oxygens (including phenoxy) is 1. The molecule has 0 atom stereocenters. The van der Waals surface area contributed by atoms with E-state index >= 15 is 0 Å². The van der Waals surface area contributed by atoms with Gasteiger partial charge in [-0.2, -0.15) is 13.2 Å². The summed E-state index contributed by atoms with van der Waals surface area (Å²) < 4.78 is 39.2. The smallest absolute Gasteiger partial charge is 0.422 e. The standard InChI is InChI=1S/C10H7ClF3NO4/c11-6-3-5(8(16)17)1-2-7(6)15-9(18)19-4-10(12,13)14/h1-3H,4H2,(H,15,18)(H,16,17). The Morgan fingerprint density at radius 1 is 1.37 bits per heavy atom. The molecular weight excluding hydrogens is 291 g/mol. The van der Waals surface area contributed by atoms with Crippen LogP contribution in [0.5, 0.6) is 0 Å². The highest BCUT2D eigenvalue weighted by Gasteiger charge is 2.29. The number of benzene rings is 1. The van der Waals surface area contributed by atoms with Crippen molar-refractivity contribution < 1.29 is 32.6 Å². The van der Waals surface area contributed by atoms with Gasteiger partial charge in [0.05, 0.1) is 16.3 Å². The fourth-order valence-corrected chi connectivity index (χ4v) is 1.27. The number of aromatic carboxylic acids is 1. The van der Waals surface area contributed by atoms with E-state index in [1.54, 1.807) is 0 Å². The number of hydrogen-bond acceptors (Lipinski definition) is 3. The third-order valence-electron chi connectivity index (χ3n) is 1.82. The number of carbonyl (C=O) groups excluding carboxylic acids is 1. The van der Waals surface area contributed by atoms with Gasteiger partial charge in [-0.1, -0.05) is 11.6 Å². The molecular formula is C10H7ClF3NO4. The topological polar surface area (TPSA) is 75.6 Å². The van der Waals surface area contributed by atoms with Crippen LogP contribution in [0.25, 0.3) is 0 Å². The molecule has 0 saturated carbocycles. The summed E-state index contributed by atoms with van der Waals surface area (Å²) in [6.07, 6.45) is -5.98. The van der Waals surface area contributed by atoms with E-state index in [4.69, 9.17) is 16.7 Å². The number of carboxylic acid groups (broad SMARTS) is 1. The van der Waals surface area contributed by atoms with Crippen LogP contribution in [-0.2, 0) is 4.74 Å². The lowest BCUT2D eigenvalue weighted by Crippen LogP contribution is -2.23. The van der Waals surface area contributed by atoms with Crippen molar-refractivity contribution in [3.05, 3.63) is 28.8 Å². The molecule has 2 N–H and O–H groups in total. The molecule has 0 heterocycles. The first-order valence-corrected chi connectivity index (χ1v) is 5.10. The molecule has 1 amide bonds. The SMILES string of the molecule is O=C(Nc1ccc(C(=O)O)cc1Cl)OCC(F)(F)F. The molecule has 0 unspecified atom stereocenters. The van der Waals surface area contributed by atoms with Crippen LogP contribution in [-0.4, -0.2) is 30.0 Å². The Morgan fingerprint density at radius 3 is 2.47 bits per heavy atom. The zero-order valence-electron chi connectivity index (χ0n) is 9.12. The highest BCUT2D eigenvalue weighted by atomic mass is 35.5. The number of alkyl halides is 3. The van der Waals surface area contributed by atoms with Crippen LogP contribution in [0, 0.1) is 0 Å². The van der Waals surface area contributed by atoms with Crippen molar-refractivity contribution in [1.29, 1.82) is 0 Å². The van der Waals surface area contributed by atoms with E-state index in [2.05, 4.69) is 4.74 Å². The normalized spacial score (nSPS) is 10.9. The molecule has 0 aliphatic heterocycles. The van der Waals surface area contributed by atoms with Gasteiger partial charge in [-0.25, -0.2) is 9.59 Å². The Labute approximate surface area is 109 Å². The van der Waals surface area contributed by atoms with Crippen LogP contribution in [0.2, 0.25) is 5.02 Å². The lowest BCUT2D eigenvalue weighted by atomic mass is 10.2. The Kier molecular flexibility index (Phi) is 4.60. The first-order valence-electron chi connectivity index (χ1n) is 4.72. The number of halogens is 4. The summed E-state index contributed by atoms with van der Waals surface area (Å²) in [7, 11) is 0. The Hall–Kier alpha value is -1.96. The van der Waals surface area contributed by atoms with E-state index in [0.717, 1.165) is 18.2 Å². The minimum atomic E-state index is -4.63. The highest BCUT2D eigenvalue weighted by Crippen LogP contribution is 2.23. The van der Waals surface area contributed by atoms with E-state index < -0.39 is 24.8 Å². The average molecular weight is 298 g/mol. The van der Waals surface area contributed by atoms with Gasteiger partial charge in [0.1, 0.15) is 0 Å². The quantitative estimate of drug-likeness (QED) is 0.898. The Morgan fingerprint density at radius 2 is 2.00 bits per heavy atom. The molecule has 9 heteroatoms. The molecule has 0 spiro atoms. The minimum absolute atomic E-state index is 0.0566. The number of rotatable bonds is 3. The van der Waals surface area contributed by atoms with E-state index in [9.17, 15) is 22.8 Å². The molecule has 0 saturated heterocycles. The molecule has 5 nitrogen and oxygen atoms in total. The van der Waals surface area contributed by atoms with Crippen LogP contribution >= 0.6 is 11.6 Å². The maximum Gasteiger partial charge on any atom is 0.422 e. The second-order valence-corrected chi connectivity index (χ2v) is 3.72. The predicted molar refractivity (Wildman–Crippen MR) is 59.4 cm³/mol. The largest absolute Gasteiger partial charge is 0.478 e. The molecule has 1 aromatic rings. The lowest BCUT2D eigenvalue weighted by molar-refractivity contribution is -0.159.